The molecule has 13 heteroatoms. The monoisotopic (exact) mass is 562 g/mol. The summed E-state index contributed by atoms with van der Waals surface area (Å²) in [6.45, 7) is 2.66. The smallest absolute Gasteiger partial charge is 0.404 e. The minimum atomic E-state index is -5.03. The van der Waals surface area contributed by atoms with Gasteiger partial charge < -0.3 is 20.1 Å². The van der Waals surface area contributed by atoms with Crippen LogP contribution in [0.1, 0.15) is 23.7 Å². The molecule has 40 heavy (non-hydrogen) atoms. The van der Waals surface area contributed by atoms with Crippen LogP contribution in [0.4, 0.5) is 33.3 Å². The van der Waals surface area contributed by atoms with Crippen molar-refractivity contribution in [1.29, 1.82) is 0 Å². The number of anilines is 2. The van der Waals surface area contributed by atoms with Crippen molar-refractivity contribution in [3.63, 3.8) is 0 Å². The molecule has 2 aliphatic heterocycles. The van der Waals surface area contributed by atoms with Crippen LogP contribution >= 0.6 is 0 Å². The van der Waals surface area contributed by atoms with Gasteiger partial charge in [0.2, 0.25) is 5.91 Å². The van der Waals surface area contributed by atoms with Crippen molar-refractivity contribution in [3.8, 4) is 17.0 Å². The summed E-state index contributed by atoms with van der Waals surface area (Å²) in [6, 6.07) is 8.34. The lowest BCUT2D eigenvalue weighted by molar-refractivity contribution is -0.274. The molecule has 3 aromatic rings. The van der Waals surface area contributed by atoms with Gasteiger partial charge in [-0.25, -0.2) is 8.78 Å². The number of halogens is 5. The number of ether oxygens (including phenoxy) is 2. The highest BCUT2D eigenvalue weighted by atomic mass is 19.4. The van der Waals surface area contributed by atoms with Crippen molar-refractivity contribution in [3.05, 3.63) is 71.9 Å². The number of amides is 2. The molecule has 0 spiro atoms. The molecule has 2 amide bonds. The SMILES string of the molecule is C[C@H](C(=O)Nc1cc(C(=O)Nc2ccc(-c3cc(F)cc(F)c3)nc2)ccc1OC(F)(F)F)N1C[C@@H]2C[C@H]1CO2. The average molecular weight is 562 g/mol. The number of hydrogen-bond donors (Lipinski definition) is 2. The van der Waals surface area contributed by atoms with Crippen LogP contribution in [-0.2, 0) is 9.53 Å². The van der Waals surface area contributed by atoms with Gasteiger partial charge in [-0.2, -0.15) is 0 Å². The second-order valence-corrected chi connectivity index (χ2v) is 9.51. The Hall–Kier alpha value is -4.10. The minimum Gasteiger partial charge on any atom is -0.404 e. The number of hydrogen-bond acceptors (Lipinski definition) is 6. The number of rotatable bonds is 7. The topological polar surface area (TPSA) is 92.8 Å². The van der Waals surface area contributed by atoms with Gasteiger partial charge in [-0.1, -0.05) is 0 Å². The summed E-state index contributed by atoms with van der Waals surface area (Å²) in [6.07, 6.45) is -2.96. The number of pyridine rings is 1. The number of fused-ring (bicyclic) bond motifs is 2. The van der Waals surface area contributed by atoms with Gasteiger partial charge in [0.25, 0.3) is 5.91 Å². The van der Waals surface area contributed by atoms with Crippen LogP contribution in [-0.4, -0.2) is 59.4 Å². The Morgan fingerprint density at radius 3 is 2.42 bits per heavy atom. The highest BCUT2D eigenvalue weighted by Crippen LogP contribution is 2.33. The molecule has 2 bridgehead atoms. The Kier molecular flexibility index (Phi) is 7.43. The van der Waals surface area contributed by atoms with Gasteiger partial charge >= 0.3 is 6.36 Å². The first-order valence-electron chi connectivity index (χ1n) is 12.3. The number of nitrogens with one attached hydrogen (secondary N) is 2. The quantitative estimate of drug-likeness (QED) is 0.395. The fraction of sp³-hybridized carbons (Fsp3) is 0.296. The van der Waals surface area contributed by atoms with Crippen LogP contribution in [0.5, 0.6) is 5.75 Å². The third kappa shape index (κ3) is 6.20. The van der Waals surface area contributed by atoms with Gasteiger partial charge in [0.05, 0.1) is 42.0 Å². The number of nitrogens with zero attached hydrogens (tertiary/aromatic N) is 2. The number of aromatic nitrogens is 1. The molecular weight excluding hydrogens is 539 g/mol. The molecule has 8 nitrogen and oxygen atoms in total. The molecule has 0 unspecified atom stereocenters. The number of carbonyl (C=O) groups excluding carboxylic acids is 2. The predicted octanol–water partition coefficient (Wildman–Crippen LogP) is 4.98. The summed E-state index contributed by atoms with van der Waals surface area (Å²) in [5.74, 6) is -3.49. The van der Waals surface area contributed by atoms with Crippen molar-refractivity contribution in [2.45, 2.75) is 37.9 Å². The van der Waals surface area contributed by atoms with E-state index in [2.05, 4.69) is 20.4 Å². The molecular formula is C27H23F5N4O4. The number of benzene rings is 2. The van der Waals surface area contributed by atoms with Gasteiger partial charge in [-0.3, -0.25) is 19.5 Å². The molecule has 5 rings (SSSR count). The standard InChI is InChI=1S/C27H23F5N4O4/c1-14(36-12-21-10-20(36)13-39-21)25(37)35-23-8-15(2-5-24(23)40-27(30,31)32)26(38)34-19-3-4-22(33-11-19)16-6-17(28)9-18(29)7-16/h2-9,11,14,20-21H,10,12-13H2,1H3,(H,34,38)(H,35,37)/t14-,20+,21+/m1/s1. The largest absolute Gasteiger partial charge is 0.573 e. The Morgan fingerprint density at radius 2 is 1.82 bits per heavy atom. The van der Waals surface area contributed by atoms with E-state index in [4.69, 9.17) is 4.74 Å². The molecule has 0 saturated carbocycles. The lowest BCUT2D eigenvalue weighted by Gasteiger charge is -2.31. The van der Waals surface area contributed by atoms with E-state index in [-0.39, 0.29) is 40.3 Å². The fourth-order valence-corrected chi connectivity index (χ4v) is 4.82. The van der Waals surface area contributed by atoms with E-state index >= 15 is 0 Å². The lowest BCUT2D eigenvalue weighted by Crippen LogP contribution is -2.48. The Bertz CT molecular complexity index is 1410. The lowest BCUT2D eigenvalue weighted by atomic mass is 10.1. The first kappa shape index (κ1) is 27.5. The molecule has 210 valence electrons. The zero-order chi connectivity index (χ0) is 28.6. The predicted molar refractivity (Wildman–Crippen MR) is 134 cm³/mol. The molecule has 2 aromatic carbocycles. The first-order valence-corrected chi connectivity index (χ1v) is 12.3. The van der Waals surface area contributed by atoms with Crippen LogP contribution in [0.25, 0.3) is 11.3 Å². The van der Waals surface area contributed by atoms with E-state index in [9.17, 15) is 31.5 Å². The van der Waals surface area contributed by atoms with Crippen LogP contribution < -0.4 is 15.4 Å². The van der Waals surface area contributed by atoms with E-state index in [1.165, 1.54) is 18.3 Å². The van der Waals surface area contributed by atoms with E-state index in [1.54, 1.807) is 6.92 Å². The molecule has 2 N–H and O–H groups in total. The number of likely N-dealkylation sites (tertiary alicyclic amines) is 1. The molecule has 2 fully saturated rings. The summed E-state index contributed by atoms with van der Waals surface area (Å²) in [5, 5.41) is 5.01. The van der Waals surface area contributed by atoms with E-state index in [0.29, 0.717) is 13.2 Å². The van der Waals surface area contributed by atoms with Crippen LogP contribution in [0, 0.1) is 11.6 Å². The molecule has 3 heterocycles. The zero-order valence-electron chi connectivity index (χ0n) is 21.0. The van der Waals surface area contributed by atoms with Gasteiger partial charge in [0.15, 0.2) is 5.75 Å². The van der Waals surface area contributed by atoms with E-state index < -0.39 is 41.6 Å². The number of morpholine rings is 1. The summed E-state index contributed by atoms with van der Waals surface area (Å²) in [5.41, 5.74) is 0.264. The average Bonchev–Trinajstić information content (AvgIpc) is 3.52. The van der Waals surface area contributed by atoms with Crippen LogP contribution in [0.3, 0.4) is 0 Å². The maximum absolute atomic E-state index is 13.5. The third-order valence-corrected chi connectivity index (χ3v) is 6.72. The molecule has 1 aromatic heterocycles. The second kappa shape index (κ2) is 10.8. The number of carbonyl (C=O) groups is 2. The van der Waals surface area contributed by atoms with E-state index in [1.807, 2.05) is 4.90 Å². The van der Waals surface area contributed by atoms with Crippen molar-refractivity contribution < 1.29 is 41.0 Å². The molecule has 0 radical (unpaired) electrons. The van der Waals surface area contributed by atoms with Crippen molar-refractivity contribution >= 4 is 23.2 Å². The Morgan fingerprint density at radius 1 is 1.07 bits per heavy atom. The Balaban J connectivity index is 1.32. The summed E-state index contributed by atoms with van der Waals surface area (Å²) >= 11 is 0. The normalized spacial score (nSPS) is 19.4. The molecule has 3 atom stereocenters. The van der Waals surface area contributed by atoms with E-state index in [0.717, 1.165) is 42.8 Å². The first-order chi connectivity index (χ1) is 18.9. The van der Waals surface area contributed by atoms with Crippen molar-refractivity contribution in [2.75, 3.05) is 23.8 Å². The number of alkyl halides is 3. The van der Waals surface area contributed by atoms with Crippen molar-refractivity contribution in [1.82, 2.24) is 9.88 Å². The maximum Gasteiger partial charge on any atom is 0.573 e. The van der Waals surface area contributed by atoms with Gasteiger partial charge in [-0.05, 0) is 55.8 Å². The summed E-state index contributed by atoms with van der Waals surface area (Å²) < 4.78 is 75.7. The highest BCUT2D eigenvalue weighted by molar-refractivity contribution is 6.06. The van der Waals surface area contributed by atoms with Crippen molar-refractivity contribution in [2.24, 2.45) is 0 Å². The molecule has 2 saturated heterocycles. The van der Waals surface area contributed by atoms with Gasteiger partial charge in [-0.15, -0.1) is 13.2 Å². The minimum absolute atomic E-state index is 0.0231. The maximum atomic E-state index is 13.5. The second-order valence-electron chi connectivity index (χ2n) is 9.51. The Labute approximate surface area is 225 Å². The van der Waals surface area contributed by atoms with Crippen LogP contribution in [0.2, 0.25) is 0 Å². The van der Waals surface area contributed by atoms with Crippen LogP contribution in [0.15, 0.2) is 54.7 Å². The highest BCUT2D eigenvalue weighted by Gasteiger charge is 2.43. The van der Waals surface area contributed by atoms with Gasteiger partial charge in [0, 0.05) is 29.8 Å². The zero-order valence-corrected chi connectivity index (χ0v) is 21.0. The fourth-order valence-electron chi connectivity index (χ4n) is 4.82. The molecule has 2 aliphatic rings. The summed E-state index contributed by atoms with van der Waals surface area (Å²) in [7, 11) is 0. The summed E-state index contributed by atoms with van der Waals surface area (Å²) in [4.78, 5) is 31.9. The van der Waals surface area contributed by atoms with Gasteiger partial charge in [0.1, 0.15) is 11.6 Å². The molecule has 0 aliphatic carbocycles. The third-order valence-electron chi connectivity index (χ3n) is 6.72.